The third-order valence-electron chi connectivity index (χ3n) is 2.44. The van der Waals surface area contributed by atoms with Crippen LogP contribution in [0.3, 0.4) is 0 Å². The highest BCUT2D eigenvalue weighted by atomic mass is 16.5. The van der Waals surface area contributed by atoms with Gasteiger partial charge in [0.1, 0.15) is 5.75 Å². The highest BCUT2D eigenvalue weighted by molar-refractivity contribution is 5.26. The largest absolute Gasteiger partial charge is 0.493 e. The van der Waals surface area contributed by atoms with E-state index in [9.17, 15) is 0 Å². The van der Waals surface area contributed by atoms with Gasteiger partial charge in [0, 0.05) is 13.5 Å². The molecule has 15 heavy (non-hydrogen) atoms. The van der Waals surface area contributed by atoms with Crippen LogP contribution < -0.4 is 4.74 Å². The Bertz CT molecular complexity index is 305. The van der Waals surface area contributed by atoms with Crippen molar-refractivity contribution in [1.82, 2.24) is 0 Å². The first-order chi connectivity index (χ1) is 7.03. The van der Waals surface area contributed by atoms with Crippen LogP contribution in [0, 0.1) is 13.0 Å². The molecule has 0 spiro atoms. The molecule has 1 radical (unpaired) electrons. The summed E-state index contributed by atoms with van der Waals surface area (Å²) in [6, 6.07) is 8.88. The van der Waals surface area contributed by atoms with Gasteiger partial charge in [0.15, 0.2) is 0 Å². The Morgan fingerprint density at radius 3 is 2.73 bits per heavy atom. The third kappa shape index (κ3) is 4.34. The van der Waals surface area contributed by atoms with Crippen molar-refractivity contribution in [2.24, 2.45) is 0 Å². The Kier molecular flexibility index (Phi) is 4.15. The van der Waals surface area contributed by atoms with E-state index in [1.807, 2.05) is 25.1 Å². The van der Waals surface area contributed by atoms with Crippen LogP contribution in [0.4, 0.5) is 0 Å². The summed E-state index contributed by atoms with van der Waals surface area (Å²) in [4.78, 5) is 0. The molecule has 0 aliphatic rings. The summed E-state index contributed by atoms with van der Waals surface area (Å²) < 4.78 is 10.9. The quantitative estimate of drug-likeness (QED) is 0.739. The Morgan fingerprint density at radius 1 is 1.40 bits per heavy atom. The molecule has 0 aliphatic carbocycles. The van der Waals surface area contributed by atoms with Crippen molar-refractivity contribution in [1.29, 1.82) is 0 Å². The van der Waals surface area contributed by atoms with E-state index in [0.717, 1.165) is 17.7 Å². The van der Waals surface area contributed by atoms with E-state index < -0.39 is 0 Å². The molecule has 83 valence electrons. The van der Waals surface area contributed by atoms with Crippen molar-refractivity contribution in [3.8, 4) is 5.75 Å². The summed E-state index contributed by atoms with van der Waals surface area (Å²) in [6.45, 7) is 6.79. The third-order valence-corrected chi connectivity index (χ3v) is 2.44. The van der Waals surface area contributed by atoms with Gasteiger partial charge in [0.2, 0.25) is 0 Å². The minimum atomic E-state index is -0.115. The summed E-state index contributed by atoms with van der Waals surface area (Å²) in [7, 11) is 1.72. The molecule has 0 heterocycles. The van der Waals surface area contributed by atoms with Crippen molar-refractivity contribution in [3.05, 3.63) is 29.8 Å². The fourth-order valence-corrected chi connectivity index (χ4v) is 1.16. The maximum atomic E-state index is 5.62. The van der Waals surface area contributed by atoms with Crippen LogP contribution in [-0.4, -0.2) is 19.3 Å². The Balaban J connectivity index is 2.38. The van der Waals surface area contributed by atoms with Gasteiger partial charge < -0.3 is 9.47 Å². The summed E-state index contributed by atoms with van der Waals surface area (Å²) >= 11 is 0. The molecule has 2 nitrogen and oxygen atoms in total. The van der Waals surface area contributed by atoms with Gasteiger partial charge in [0.25, 0.3) is 0 Å². The molecular weight excluding hydrogens is 188 g/mol. The van der Waals surface area contributed by atoms with E-state index >= 15 is 0 Å². The summed E-state index contributed by atoms with van der Waals surface area (Å²) in [5.74, 6) is 0.901. The van der Waals surface area contributed by atoms with Crippen molar-refractivity contribution >= 4 is 0 Å². The number of methoxy groups -OCH3 is 1. The number of aryl methyl sites for hydroxylation is 1. The van der Waals surface area contributed by atoms with Crippen molar-refractivity contribution in [3.63, 3.8) is 0 Å². The fraction of sp³-hybridized carbons (Fsp3) is 0.538. The van der Waals surface area contributed by atoms with Crippen molar-refractivity contribution in [2.45, 2.75) is 32.8 Å². The van der Waals surface area contributed by atoms with Gasteiger partial charge in [0.05, 0.1) is 12.2 Å². The molecule has 0 fully saturated rings. The molecule has 1 rings (SSSR count). The predicted molar refractivity (Wildman–Crippen MR) is 61.2 cm³/mol. The Hall–Kier alpha value is -1.02. The Morgan fingerprint density at radius 2 is 2.13 bits per heavy atom. The number of ether oxygens (including phenoxy) is 2. The van der Waals surface area contributed by atoms with Crippen LogP contribution in [0.2, 0.25) is 0 Å². The highest BCUT2D eigenvalue weighted by Crippen LogP contribution is 2.16. The molecule has 0 amide bonds. The number of rotatable bonds is 5. The molecule has 0 unspecified atom stereocenters. The monoisotopic (exact) mass is 207 g/mol. The first-order valence-electron chi connectivity index (χ1n) is 5.20. The minimum absolute atomic E-state index is 0.115. The summed E-state index contributed by atoms with van der Waals surface area (Å²) in [5, 5.41) is 0. The van der Waals surface area contributed by atoms with Gasteiger partial charge in [-0.3, -0.25) is 0 Å². The maximum Gasteiger partial charge on any atom is 0.119 e. The van der Waals surface area contributed by atoms with Crippen LogP contribution in [0.1, 0.15) is 25.8 Å². The first kappa shape index (κ1) is 12.1. The molecular formula is C13H19O2. The second kappa shape index (κ2) is 5.17. The van der Waals surface area contributed by atoms with Gasteiger partial charge in [-0.25, -0.2) is 0 Å². The lowest BCUT2D eigenvalue weighted by Gasteiger charge is -2.22. The molecule has 0 aromatic heterocycles. The van der Waals surface area contributed by atoms with Crippen LogP contribution in [0.25, 0.3) is 0 Å². The zero-order chi connectivity index (χ0) is 11.3. The average molecular weight is 207 g/mol. The topological polar surface area (TPSA) is 18.5 Å². The second-order valence-corrected chi connectivity index (χ2v) is 4.27. The molecule has 0 aliphatic heterocycles. The number of hydrogen-bond acceptors (Lipinski definition) is 2. The first-order valence-corrected chi connectivity index (χ1v) is 5.20. The van der Waals surface area contributed by atoms with Crippen LogP contribution in [0.5, 0.6) is 5.75 Å². The lowest BCUT2D eigenvalue weighted by atomic mass is 10.1. The van der Waals surface area contributed by atoms with Crippen LogP contribution in [0.15, 0.2) is 18.2 Å². The van der Waals surface area contributed by atoms with Gasteiger partial charge >= 0.3 is 0 Å². The molecule has 0 N–H and O–H groups in total. The van der Waals surface area contributed by atoms with Gasteiger partial charge in [-0.1, -0.05) is 6.07 Å². The lowest BCUT2D eigenvalue weighted by molar-refractivity contribution is 0.00545. The van der Waals surface area contributed by atoms with E-state index in [1.54, 1.807) is 7.11 Å². The average Bonchev–Trinajstić information content (AvgIpc) is 2.18. The van der Waals surface area contributed by atoms with E-state index in [4.69, 9.17) is 9.47 Å². The van der Waals surface area contributed by atoms with Gasteiger partial charge in [-0.05, 0) is 44.5 Å². The minimum Gasteiger partial charge on any atom is -0.493 e. The SMILES string of the molecule is COC(C)(C)CCOc1cc[c]c(C)c1. The molecule has 0 saturated carbocycles. The van der Waals surface area contributed by atoms with E-state index in [-0.39, 0.29) is 5.60 Å². The number of benzene rings is 1. The zero-order valence-electron chi connectivity index (χ0n) is 9.96. The smallest absolute Gasteiger partial charge is 0.119 e. The van der Waals surface area contributed by atoms with E-state index in [1.165, 1.54) is 0 Å². The summed E-state index contributed by atoms with van der Waals surface area (Å²) in [6.07, 6.45) is 0.876. The lowest BCUT2D eigenvalue weighted by Crippen LogP contribution is -2.25. The standard InChI is InChI=1S/C13H19O2/c1-11-6-5-7-12(10-11)15-9-8-13(2,3)14-4/h5,7,10H,8-9H2,1-4H3. The fourth-order valence-electron chi connectivity index (χ4n) is 1.16. The molecule has 1 aromatic rings. The number of hydrogen-bond donors (Lipinski definition) is 0. The van der Waals surface area contributed by atoms with Crippen LogP contribution in [-0.2, 0) is 4.74 Å². The maximum absolute atomic E-state index is 5.62. The highest BCUT2D eigenvalue weighted by Gasteiger charge is 2.15. The molecule has 0 atom stereocenters. The molecule has 0 bridgehead atoms. The van der Waals surface area contributed by atoms with Gasteiger partial charge in [-0.15, -0.1) is 0 Å². The van der Waals surface area contributed by atoms with Gasteiger partial charge in [-0.2, -0.15) is 0 Å². The van der Waals surface area contributed by atoms with Crippen molar-refractivity contribution in [2.75, 3.05) is 13.7 Å². The molecule has 2 heteroatoms. The second-order valence-electron chi connectivity index (χ2n) is 4.27. The van der Waals surface area contributed by atoms with E-state index in [0.29, 0.717) is 6.61 Å². The summed E-state index contributed by atoms with van der Waals surface area (Å²) in [5.41, 5.74) is 0.981. The normalized spacial score (nSPS) is 11.5. The van der Waals surface area contributed by atoms with Crippen molar-refractivity contribution < 1.29 is 9.47 Å². The zero-order valence-corrected chi connectivity index (χ0v) is 9.96. The predicted octanol–water partition coefficient (Wildman–Crippen LogP) is 2.99. The van der Waals surface area contributed by atoms with Crippen LogP contribution >= 0.6 is 0 Å². The van der Waals surface area contributed by atoms with E-state index in [2.05, 4.69) is 19.9 Å². The Labute approximate surface area is 92.2 Å². The molecule has 1 aromatic carbocycles. The molecule has 0 saturated heterocycles.